The summed E-state index contributed by atoms with van der Waals surface area (Å²) in [6.07, 6.45) is 2.62. The number of nitrogens with one attached hydrogen (secondary N) is 1. The molecule has 5 rings (SSSR count). The van der Waals surface area contributed by atoms with E-state index in [-0.39, 0.29) is 5.91 Å². The molecule has 1 aromatic heterocycles. The zero-order valence-electron chi connectivity index (χ0n) is 18.1. The van der Waals surface area contributed by atoms with Crippen molar-refractivity contribution in [1.29, 1.82) is 0 Å². The molecule has 164 valence electrons. The first-order valence-electron chi connectivity index (χ1n) is 10.8. The molecule has 1 atom stereocenters. The Morgan fingerprint density at radius 2 is 1.70 bits per heavy atom. The fourth-order valence-electron chi connectivity index (χ4n) is 4.08. The first kappa shape index (κ1) is 20.9. The molecule has 1 N–H and O–H groups in total. The van der Waals surface area contributed by atoms with Crippen molar-refractivity contribution in [3.63, 3.8) is 0 Å². The van der Waals surface area contributed by atoms with Crippen LogP contribution >= 0.6 is 0 Å². The van der Waals surface area contributed by atoms with E-state index in [2.05, 4.69) is 5.32 Å². The summed E-state index contributed by atoms with van der Waals surface area (Å²) in [5.41, 5.74) is 4.74. The third kappa shape index (κ3) is 4.24. The van der Waals surface area contributed by atoms with Gasteiger partial charge in [-0.2, -0.15) is 4.57 Å². The second kappa shape index (κ2) is 8.54. The van der Waals surface area contributed by atoms with E-state index in [1.807, 2.05) is 61.5 Å². The molecule has 1 aliphatic heterocycles. The lowest BCUT2D eigenvalue weighted by Crippen LogP contribution is -2.44. The highest BCUT2D eigenvalue weighted by Crippen LogP contribution is 2.26. The first-order valence-corrected chi connectivity index (χ1v) is 10.8. The number of hydrogen-bond donors (Lipinski definition) is 1. The molecule has 0 bridgehead atoms. The number of fused-ring (bicyclic) bond motifs is 1. The van der Waals surface area contributed by atoms with E-state index in [0.717, 1.165) is 28.8 Å². The predicted octanol–water partition coefficient (Wildman–Crippen LogP) is 4.89. The lowest BCUT2D eigenvalue weighted by atomic mass is 10.0. The van der Waals surface area contributed by atoms with Gasteiger partial charge in [-0.05, 0) is 36.2 Å². The summed E-state index contributed by atoms with van der Waals surface area (Å²) < 4.78 is 28.9. The molecule has 6 heteroatoms. The molecule has 0 fully saturated rings. The summed E-state index contributed by atoms with van der Waals surface area (Å²) in [6, 6.07) is 21.1. The van der Waals surface area contributed by atoms with Crippen molar-refractivity contribution in [3.8, 4) is 11.3 Å². The highest BCUT2D eigenvalue weighted by atomic mass is 19.2. The van der Waals surface area contributed by atoms with E-state index in [0.29, 0.717) is 35.6 Å². The number of rotatable bonds is 5. The van der Waals surface area contributed by atoms with Gasteiger partial charge in [-0.15, -0.1) is 0 Å². The van der Waals surface area contributed by atoms with Crippen LogP contribution in [0.2, 0.25) is 0 Å². The van der Waals surface area contributed by atoms with Gasteiger partial charge in [-0.3, -0.25) is 5.32 Å². The number of hydrogen-bond acceptors (Lipinski definition) is 3. The number of aromatic nitrogens is 2. The lowest BCUT2D eigenvalue weighted by molar-refractivity contribution is -0.552. The maximum atomic E-state index is 13.9. The summed E-state index contributed by atoms with van der Waals surface area (Å²) in [4.78, 5) is 18.1. The summed E-state index contributed by atoms with van der Waals surface area (Å²) in [6.45, 7) is 2.02. The van der Waals surface area contributed by atoms with Crippen molar-refractivity contribution in [1.82, 2.24) is 4.98 Å². The topological polar surface area (TPSA) is 45.9 Å². The Kier molecular flexibility index (Phi) is 5.42. The monoisotopic (exact) mass is 442 g/mol. The van der Waals surface area contributed by atoms with Gasteiger partial charge in [0.25, 0.3) is 0 Å². The number of halogens is 2. The van der Waals surface area contributed by atoms with Crippen molar-refractivity contribution >= 4 is 11.7 Å². The highest BCUT2D eigenvalue weighted by molar-refractivity contribution is 5.82. The molecule has 1 aliphatic rings. The Morgan fingerprint density at radius 3 is 2.42 bits per heavy atom. The van der Waals surface area contributed by atoms with E-state index in [9.17, 15) is 13.6 Å². The van der Waals surface area contributed by atoms with Crippen LogP contribution in [-0.2, 0) is 12.8 Å². The zero-order valence-corrected chi connectivity index (χ0v) is 18.1. The molecular formula is C27H22F2N3O+. The molecule has 4 aromatic rings. The Bertz CT molecular complexity index is 1340. The summed E-state index contributed by atoms with van der Waals surface area (Å²) in [5.74, 6) is -1.35. The molecular weight excluding hydrogens is 420 g/mol. The molecule has 4 nitrogen and oxygen atoms in total. The normalized spacial score (nSPS) is 14.8. The second-order valence-corrected chi connectivity index (χ2v) is 8.31. The maximum absolute atomic E-state index is 13.9. The third-order valence-corrected chi connectivity index (χ3v) is 5.86. The van der Waals surface area contributed by atoms with Crippen molar-refractivity contribution < 1.29 is 18.1 Å². The van der Waals surface area contributed by atoms with Crippen LogP contribution in [0.25, 0.3) is 11.3 Å². The Labute approximate surface area is 190 Å². The number of carbonyl (C=O) groups excluding carboxylic acids is 1. The molecule has 0 radical (unpaired) electrons. The molecule has 0 saturated heterocycles. The summed E-state index contributed by atoms with van der Waals surface area (Å²) in [7, 11) is 0. The Balaban J connectivity index is 1.55. The lowest BCUT2D eigenvalue weighted by Gasteiger charge is -2.07. The average Bonchev–Trinajstić information content (AvgIpc) is 3.13. The molecule has 3 aromatic carbocycles. The molecule has 0 saturated carbocycles. The minimum atomic E-state index is -0.953. The maximum Gasteiger partial charge on any atom is 0.359 e. The van der Waals surface area contributed by atoms with Crippen molar-refractivity contribution in [2.24, 2.45) is 0 Å². The largest absolute Gasteiger partial charge is 0.359 e. The van der Waals surface area contributed by atoms with Crippen molar-refractivity contribution in [3.05, 3.63) is 113 Å². The van der Waals surface area contributed by atoms with Gasteiger partial charge in [-0.1, -0.05) is 60.2 Å². The van der Waals surface area contributed by atoms with Crippen LogP contribution in [0.15, 0.2) is 79.0 Å². The molecule has 33 heavy (non-hydrogen) atoms. The van der Waals surface area contributed by atoms with Crippen LogP contribution in [0.3, 0.4) is 0 Å². The van der Waals surface area contributed by atoms with Crippen LogP contribution in [0.5, 0.6) is 0 Å². The summed E-state index contributed by atoms with van der Waals surface area (Å²) in [5, 5.41) is 3.35. The minimum absolute atomic E-state index is 0.105. The smallest absolute Gasteiger partial charge is 0.258 e. The Hall–Kier alpha value is -3.93. The van der Waals surface area contributed by atoms with Crippen molar-refractivity contribution in [2.45, 2.75) is 25.8 Å². The van der Waals surface area contributed by atoms with E-state index >= 15 is 0 Å². The van der Waals surface area contributed by atoms with E-state index in [4.69, 9.17) is 4.98 Å². The van der Waals surface area contributed by atoms with Gasteiger partial charge in [0, 0.05) is 18.4 Å². The van der Waals surface area contributed by atoms with Gasteiger partial charge in [0.05, 0.1) is 0 Å². The number of benzene rings is 3. The van der Waals surface area contributed by atoms with Gasteiger partial charge >= 0.3 is 11.7 Å². The number of aryl methyl sites for hydroxylation is 1. The predicted molar refractivity (Wildman–Crippen MR) is 122 cm³/mol. The van der Waals surface area contributed by atoms with Gasteiger partial charge in [0.1, 0.15) is 17.6 Å². The highest BCUT2D eigenvalue weighted by Gasteiger charge is 2.41. The van der Waals surface area contributed by atoms with Crippen molar-refractivity contribution in [2.75, 3.05) is 5.32 Å². The summed E-state index contributed by atoms with van der Waals surface area (Å²) >= 11 is 0. The molecule has 1 unspecified atom stereocenters. The fraction of sp³-hybridized carbons (Fsp3) is 0.148. The van der Waals surface area contributed by atoms with Crippen LogP contribution < -0.4 is 9.88 Å². The standard InChI is InChI=1S/C27H21F2N3O/c1-17-7-9-19(10-8-17)14-24-27(33)32-16-25(20-11-12-21(28)22(29)15-20)30-23(26(32)31-24)13-18-5-3-2-4-6-18/h2-12,15-16,24H,13-14H2,1H3/p+1. The van der Waals surface area contributed by atoms with E-state index in [1.165, 1.54) is 6.07 Å². The zero-order chi connectivity index (χ0) is 22.9. The van der Waals surface area contributed by atoms with Gasteiger partial charge in [0.2, 0.25) is 0 Å². The average molecular weight is 442 g/mol. The van der Waals surface area contributed by atoms with Crippen LogP contribution in [0.4, 0.5) is 14.6 Å². The SMILES string of the molecule is Cc1ccc(CC2Nc3c(Cc4ccccc4)nc(-c4ccc(F)c(F)c4)c[n+]3C2=O)cc1. The molecule has 0 amide bonds. The minimum Gasteiger partial charge on any atom is -0.258 e. The van der Waals surface area contributed by atoms with Crippen LogP contribution in [0.1, 0.15) is 27.2 Å². The fourth-order valence-corrected chi connectivity index (χ4v) is 4.08. The third-order valence-electron chi connectivity index (χ3n) is 5.86. The van der Waals surface area contributed by atoms with Gasteiger partial charge < -0.3 is 0 Å². The molecule has 2 heterocycles. The van der Waals surface area contributed by atoms with Gasteiger partial charge in [0.15, 0.2) is 17.7 Å². The number of carbonyl (C=O) groups is 1. The first-order chi connectivity index (χ1) is 16.0. The molecule has 0 aliphatic carbocycles. The molecule has 0 spiro atoms. The number of anilines is 1. The Morgan fingerprint density at radius 1 is 0.939 bits per heavy atom. The quantitative estimate of drug-likeness (QED) is 0.448. The van der Waals surface area contributed by atoms with Crippen LogP contribution in [0, 0.1) is 18.6 Å². The van der Waals surface area contributed by atoms with E-state index < -0.39 is 17.7 Å². The van der Waals surface area contributed by atoms with E-state index in [1.54, 1.807) is 10.8 Å². The second-order valence-electron chi connectivity index (χ2n) is 8.31. The number of nitrogens with zero attached hydrogens (tertiary/aromatic N) is 2. The van der Waals surface area contributed by atoms with Gasteiger partial charge in [-0.25, -0.2) is 18.6 Å². The van der Waals surface area contributed by atoms with Crippen LogP contribution in [-0.4, -0.2) is 16.9 Å².